The van der Waals surface area contributed by atoms with Crippen molar-refractivity contribution in [2.24, 2.45) is 5.73 Å². The number of hydrogen-bond acceptors (Lipinski definition) is 5. The summed E-state index contributed by atoms with van der Waals surface area (Å²) in [7, 11) is 0. The highest BCUT2D eigenvalue weighted by Crippen LogP contribution is 2.24. The fraction of sp³-hybridized carbons (Fsp3) is 0.357. The van der Waals surface area contributed by atoms with E-state index in [0.717, 1.165) is 0 Å². The van der Waals surface area contributed by atoms with Crippen molar-refractivity contribution in [2.45, 2.75) is 18.4 Å². The second-order valence-corrected chi connectivity index (χ2v) is 5.43. The first-order valence-corrected chi connectivity index (χ1v) is 7.07. The van der Waals surface area contributed by atoms with Gasteiger partial charge in [-0.05, 0) is 25.0 Å². The molecule has 0 saturated carbocycles. The average molecular weight is 307 g/mol. The number of rotatable bonds is 2. The van der Waals surface area contributed by atoms with Gasteiger partial charge >= 0.3 is 0 Å². The van der Waals surface area contributed by atoms with Gasteiger partial charge in [-0.15, -0.1) is 0 Å². The van der Waals surface area contributed by atoms with Crippen LogP contribution in [-0.4, -0.2) is 34.6 Å². The van der Waals surface area contributed by atoms with Gasteiger partial charge in [0.2, 0.25) is 5.91 Å². The number of amides is 1. The van der Waals surface area contributed by atoms with Crippen LogP contribution in [0, 0.1) is 0 Å². The standard InChI is InChI=1S/C14H15ClN4O2/c15-11-12(18-10-4-2-1-3-9(10)17-11)19-13(20)14(16)5-7-21-8-6-14/h1-4H,5-8,16H2,(H,18,19,20). The second kappa shape index (κ2) is 5.55. The summed E-state index contributed by atoms with van der Waals surface area (Å²) in [6, 6.07) is 7.31. The molecule has 0 atom stereocenters. The van der Waals surface area contributed by atoms with Gasteiger partial charge in [0.1, 0.15) is 5.54 Å². The van der Waals surface area contributed by atoms with Crippen LogP contribution < -0.4 is 11.1 Å². The van der Waals surface area contributed by atoms with E-state index in [-0.39, 0.29) is 16.9 Å². The number of nitrogens with zero attached hydrogens (tertiary/aromatic N) is 2. The van der Waals surface area contributed by atoms with Crippen LogP contribution in [0.4, 0.5) is 5.82 Å². The molecule has 110 valence electrons. The third-order valence-corrected chi connectivity index (χ3v) is 3.86. The summed E-state index contributed by atoms with van der Waals surface area (Å²) < 4.78 is 5.23. The monoisotopic (exact) mass is 306 g/mol. The van der Waals surface area contributed by atoms with E-state index in [1.54, 1.807) is 6.07 Å². The molecule has 1 aromatic heterocycles. The van der Waals surface area contributed by atoms with Crippen LogP contribution in [0.1, 0.15) is 12.8 Å². The summed E-state index contributed by atoms with van der Waals surface area (Å²) in [5, 5.41) is 2.84. The lowest BCUT2D eigenvalue weighted by Crippen LogP contribution is -2.54. The Morgan fingerprint density at radius 3 is 2.52 bits per heavy atom. The predicted octanol–water partition coefficient (Wildman–Crippen LogP) is 1.73. The number of carbonyl (C=O) groups excluding carboxylic acids is 1. The zero-order valence-corrected chi connectivity index (χ0v) is 12.1. The fourth-order valence-corrected chi connectivity index (χ4v) is 2.43. The molecule has 2 aromatic rings. The molecule has 3 rings (SSSR count). The molecule has 1 aliphatic heterocycles. The first-order chi connectivity index (χ1) is 10.1. The number of carbonyl (C=O) groups is 1. The van der Waals surface area contributed by atoms with E-state index < -0.39 is 5.54 Å². The average Bonchev–Trinajstić information content (AvgIpc) is 2.48. The summed E-state index contributed by atoms with van der Waals surface area (Å²) in [4.78, 5) is 20.9. The predicted molar refractivity (Wildman–Crippen MR) is 80.1 cm³/mol. The molecule has 6 nitrogen and oxygen atoms in total. The van der Waals surface area contributed by atoms with Crippen LogP contribution in [0.3, 0.4) is 0 Å². The SMILES string of the molecule is NC1(C(=O)Nc2nc3ccccc3nc2Cl)CCOCC1. The number of nitrogens with one attached hydrogen (secondary N) is 1. The van der Waals surface area contributed by atoms with Crippen molar-refractivity contribution in [1.82, 2.24) is 9.97 Å². The summed E-state index contributed by atoms with van der Waals surface area (Å²) in [6.07, 6.45) is 0.939. The van der Waals surface area contributed by atoms with Gasteiger partial charge in [0.25, 0.3) is 0 Å². The molecule has 1 aromatic carbocycles. The minimum atomic E-state index is -0.950. The van der Waals surface area contributed by atoms with E-state index in [9.17, 15) is 4.79 Å². The molecule has 0 aliphatic carbocycles. The second-order valence-electron chi connectivity index (χ2n) is 5.07. The van der Waals surface area contributed by atoms with Crippen molar-refractivity contribution in [1.29, 1.82) is 0 Å². The van der Waals surface area contributed by atoms with Gasteiger partial charge < -0.3 is 15.8 Å². The maximum absolute atomic E-state index is 12.4. The summed E-state index contributed by atoms with van der Waals surface area (Å²) >= 11 is 6.08. The molecule has 3 N–H and O–H groups in total. The third-order valence-electron chi connectivity index (χ3n) is 3.60. The lowest BCUT2D eigenvalue weighted by atomic mass is 9.90. The van der Waals surface area contributed by atoms with Crippen molar-refractivity contribution < 1.29 is 9.53 Å². The first kappa shape index (κ1) is 14.2. The molecular formula is C14H15ClN4O2. The molecule has 1 amide bonds. The number of halogens is 1. The summed E-state index contributed by atoms with van der Waals surface area (Å²) in [5.41, 5.74) is 6.52. The lowest BCUT2D eigenvalue weighted by Gasteiger charge is -2.31. The number of benzene rings is 1. The smallest absolute Gasteiger partial charge is 0.245 e. The van der Waals surface area contributed by atoms with Gasteiger partial charge in [-0.25, -0.2) is 9.97 Å². The van der Waals surface area contributed by atoms with Gasteiger partial charge in [0.15, 0.2) is 11.0 Å². The Morgan fingerprint density at radius 1 is 1.24 bits per heavy atom. The van der Waals surface area contributed by atoms with Gasteiger partial charge in [0, 0.05) is 13.2 Å². The molecule has 21 heavy (non-hydrogen) atoms. The quantitative estimate of drug-likeness (QED) is 0.882. The molecule has 1 saturated heterocycles. The fourth-order valence-electron chi connectivity index (χ4n) is 2.25. The van der Waals surface area contributed by atoms with E-state index >= 15 is 0 Å². The van der Waals surface area contributed by atoms with Gasteiger partial charge in [-0.1, -0.05) is 23.7 Å². The van der Waals surface area contributed by atoms with E-state index in [1.165, 1.54) is 0 Å². The maximum atomic E-state index is 12.4. The number of ether oxygens (including phenoxy) is 1. The summed E-state index contributed by atoms with van der Waals surface area (Å²) in [6.45, 7) is 0.947. The van der Waals surface area contributed by atoms with Crippen molar-refractivity contribution in [3.8, 4) is 0 Å². The molecule has 1 aliphatic rings. The molecule has 1 fully saturated rings. The highest BCUT2D eigenvalue weighted by atomic mass is 35.5. The molecule has 7 heteroatoms. The summed E-state index contributed by atoms with van der Waals surface area (Å²) in [5.74, 6) is -0.0750. The highest BCUT2D eigenvalue weighted by Gasteiger charge is 2.36. The molecule has 0 spiro atoms. The molecule has 0 radical (unpaired) electrons. The zero-order valence-electron chi connectivity index (χ0n) is 11.3. The number of para-hydroxylation sites is 2. The van der Waals surface area contributed by atoms with Crippen LogP contribution in [0.15, 0.2) is 24.3 Å². The highest BCUT2D eigenvalue weighted by molar-refractivity contribution is 6.32. The molecule has 0 unspecified atom stereocenters. The number of aromatic nitrogens is 2. The van der Waals surface area contributed by atoms with Crippen LogP contribution >= 0.6 is 11.6 Å². The van der Waals surface area contributed by atoms with E-state index in [4.69, 9.17) is 22.1 Å². The van der Waals surface area contributed by atoms with Crippen LogP contribution in [0.5, 0.6) is 0 Å². The molecule has 0 bridgehead atoms. The van der Waals surface area contributed by atoms with E-state index in [2.05, 4.69) is 15.3 Å². The van der Waals surface area contributed by atoms with Crippen LogP contribution in [0.2, 0.25) is 5.15 Å². The van der Waals surface area contributed by atoms with Crippen molar-refractivity contribution in [2.75, 3.05) is 18.5 Å². The largest absolute Gasteiger partial charge is 0.381 e. The number of nitrogens with two attached hydrogens (primary N) is 1. The third kappa shape index (κ3) is 2.83. The normalized spacial score (nSPS) is 17.6. The minimum absolute atomic E-state index is 0.151. The number of anilines is 1. The van der Waals surface area contributed by atoms with Crippen molar-refractivity contribution >= 4 is 34.4 Å². The van der Waals surface area contributed by atoms with E-state index in [1.807, 2.05) is 18.2 Å². The number of fused-ring (bicyclic) bond motifs is 1. The Bertz CT molecular complexity index is 686. The first-order valence-electron chi connectivity index (χ1n) is 6.69. The Morgan fingerprint density at radius 2 is 1.86 bits per heavy atom. The van der Waals surface area contributed by atoms with Crippen molar-refractivity contribution in [3.05, 3.63) is 29.4 Å². The Labute approximate surface area is 126 Å². The molecular weight excluding hydrogens is 292 g/mol. The molecule has 2 heterocycles. The van der Waals surface area contributed by atoms with Crippen LogP contribution in [-0.2, 0) is 9.53 Å². The Kier molecular flexibility index (Phi) is 3.75. The van der Waals surface area contributed by atoms with Gasteiger partial charge in [-0.2, -0.15) is 0 Å². The maximum Gasteiger partial charge on any atom is 0.245 e. The van der Waals surface area contributed by atoms with E-state index in [0.29, 0.717) is 37.1 Å². The zero-order chi connectivity index (χ0) is 14.9. The van der Waals surface area contributed by atoms with Gasteiger partial charge in [0.05, 0.1) is 11.0 Å². The Hall–Kier alpha value is -1.76. The Balaban J connectivity index is 1.87. The van der Waals surface area contributed by atoms with Crippen LogP contribution in [0.25, 0.3) is 11.0 Å². The topological polar surface area (TPSA) is 90.1 Å². The van der Waals surface area contributed by atoms with Gasteiger partial charge in [-0.3, -0.25) is 4.79 Å². The minimum Gasteiger partial charge on any atom is -0.381 e. The lowest BCUT2D eigenvalue weighted by molar-refractivity contribution is -0.124. The van der Waals surface area contributed by atoms with Crippen molar-refractivity contribution in [3.63, 3.8) is 0 Å². The number of hydrogen-bond donors (Lipinski definition) is 2.